The summed E-state index contributed by atoms with van der Waals surface area (Å²) in [5, 5.41) is 1.35. The maximum absolute atomic E-state index is 2.41. The lowest BCUT2D eigenvalue weighted by atomic mass is 9.96. The van der Waals surface area contributed by atoms with Gasteiger partial charge in [0.15, 0.2) is 0 Å². The first-order chi connectivity index (χ1) is 15.4. The minimum absolute atomic E-state index is 0.440. The van der Waals surface area contributed by atoms with Crippen LogP contribution in [0.3, 0.4) is 0 Å². The van der Waals surface area contributed by atoms with Gasteiger partial charge in [0.1, 0.15) is 32.2 Å². The van der Waals surface area contributed by atoms with Crippen LogP contribution < -0.4 is 9.80 Å². The summed E-state index contributed by atoms with van der Waals surface area (Å²) in [5.74, 6) is 0. The van der Waals surface area contributed by atoms with Crippen LogP contribution in [0.1, 0.15) is 23.6 Å². The molecular weight excluding hydrogens is 378 g/mol. The first-order valence-electron chi connectivity index (χ1n) is 11.7. The molecule has 2 heterocycles. The summed E-state index contributed by atoms with van der Waals surface area (Å²) < 4.78 is 2.41. The molecule has 1 aromatic heterocycles. The van der Waals surface area contributed by atoms with Crippen molar-refractivity contribution in [1.29, 1.82) is 0 Å². The van der Waals surface area contributed by atoms with Crippen molar-refractivity contribution >= 4 is 10.9 Å². The fraction of sp³-hybridized carbons (Fsp3) is 0.286. The van der Waals surface area contributed by atoms with Gasteiger partial charge in [-0.3, -0.25) is 0 Å². The Balaban J connectivity index is 1.19. The summed E-state index contributed by atoms with van der Waals surface area (Å²) in [5.41, 5.74) is 4.23. The Hall–Kier alpha value is -2.88. The van der Waals surface area contributed by atoms with Crippen LogP contribution in [0.15, 0.2) is 97.2 Å². The summed E-state index contributed by atoms with van der Waals surface area (Å²) in [7, 11) is 0. The Kier molecular flexibility index (Phi) is 6.15. The summed E-state index contributed by atoms with van der Waals surface area (Å²) >= 11 is 0. The third-order valence-corrected chi connectivity index (χ3v) is 6.88. The molecule has 0 spiro atoms. The highest BCUT2D eigenvalue weighted by atomic mass is 15.3. The molecule has 1 fully saturated rings. The van der Waals surface area contributed by atoms with Gasteiger partial charge in [-0.1, -0.05) is 78.9 Å². The lowest BCUT2D eigenvalue weighted by Crippen LogP contribution is -3.28. The highest BCUT2D eigenvalue weighted by Crippen LogP contribution is 2.19. The first kappa shape index (κ1) is 20.0. The van der Waals surface area contributed by atoms with Gasteiger partial charge < -0.3 is 14.4 Å². The van der Waals surface area contributed by atoms with Crippen LogP contribution in [0.2, 0.25) is 0 Å². The number of aryl methyl sites for hydroxylation is 1. The number of hydrogen-bond acceptors (Lipinski definition) is 0. The predicted molar refractivity (Wildman–Crippen MR) is 128 cm³/mol. The maximum Gasteiger partial charge on any atom is 0.139 e. The fourth-order valence-electron chi connectivity index (χ4n) is 5.25. The van der Waals surface area contributed by atoms with E-state index in [4.69, 9.17) is 0 Å². The Labute approximate surface area is 185 Å². The second-order valence-corrected chi connectivity index (χ2v) is 8.83. The van der Waals surface area contributed by atoms with E-state index in [9.17, 15) is 0 Å². The van der Waals surface area contributed by atoms with Gasteiger partial charge in [0.25, 0.3) is 0 Å². The average molecular weight is 412 g/mol. The van der Waals surface area contributed by atoms with Crippen molar-refractivity contribution in [3.63, 3.8) is 0 Å². The summed E-state index contributed by atoms with van der Waals surface area (Å²) in [4.78, 5) is 3.47. The largest absolute Gasteiger partial charge is 0.347 e. The Morgan fingerprint density at radius 2 is 1.29 bits per heavy atom. The molecule has 0 unspecified atom stereocenters. The van der Waals surface area contributed by atoms with E-state index in [1.54, 1.807) is 9.80 Å². The maximum atomic E-state index is 2.41. The smallest absolute Gasteiger partial charge is 0.139 e. The van der Waals surface area contributed by atoms with E-state index >= 15 is 0 Å². The zero-order valence-corrected chi connectivity index (χ0v) is 18.2. The number of nitrogens with one attached hydrogen (secondary N) is 2. The van der Waals surface area contributed by atoms with Gasteiger partial charge in [-0.2, -0.15) is 0 Å². The molecule has 3 aromatic carbocycles. The van der Waals surface area contributed by atoms with E-state index in [1.165, 1.54) is 61.2 Å². The van der Waals surface area contributed by atoms with E-state index in [2.05, 4.69) is 102 Å². The van der Waals surface area contributed by atoms with Gasteiger partial charge in [0, 0.05) is 35.8 Å². The van der Waals surface area contributed by atoms with Crippen molar-refractivity contribution in [2.75, 3.05) is 32.7 Å². The molecular formula is C28H33N3+2. The number of benzene rings is 3. The number of piperazine rings is 1. The van der Waals surface area contributed by atoms with Gasteiger partial charge >= 0.3 is 0 Å². The number of hydrogen-bond donors (Lipinski definition) is 2. The van der Waals surface area contributed by atoms with Crippen molar-refractivity contribution in [1.82, 2.24) is 4.57 Å². The van der Waals surface area contributed by atoms with Crippen LogP contribution in [0.25, 0.3) is 10.9 Å². The summed E-state index contributed by atoms with van der Waals surface area (Å²) in [6.07, 6.45) is 3.48. The number of quaternary nitrogens is 2. The third-order valence-electron chi connectivity index (χ3n) is 6.88. The van der Waals surface area contributed by atoms with Gasteiger partial charge in [0.05, 0.1) is 6.54 Å². The minimum atomic E-state index is 0.440. The van der Waals surface area contributed by atoms with Crippen LogP contribution in [0.4, 0.5) is 0 Å². The second-order valence-electron chi connectivity index (χ2n) is 8.83. The van der Waals surface area contributed by atoms with Gasteiger partial charge in [-0.05, 0) is 17.5 Å². The molecule has 0 saturated carbocycles. The lowest BCUT2D eigenvalue weighted by Gasteiger charge is -2.35. The predicted octanol–water partition coefficient (Wildman–Crippen LogP) is 2.60. The number of fused-ring (bicyclic) bond motifs is 1. The minimum Gasteiger partial charge on any atom is -0.347 e. The molecule has 0 bridgehead atoms. The van der Waals surface area contributed by atoms with Gasteiger partial charge in [-0.25, -0.2) is 0 Å². The SMILES string of the molecule is c1ccc(C(c2ccccc2)[NH+]2CC[NH+](CCCn3ccc4ccccc43)CC2)cc1. The second kappa shape index (κ2) is 9.51. The molecule has 158 valence electrons. The first-order valence-corrected chi connectivity index (χ1v) is 11.7. The summed E-state index contributed by atoms with van der Waals surface area (Å²) in [6, 6.07) is 33.5. The van der Waals surface area contributed by atoms with Crippen LogP contribution in [0.5, 0.6) is 0 Å². The quantitative estimate of drug-likeness (QED) is 0.464. The van der Waals surface area contributed by atoms with Crippen molar-refractivity contribution in [2.24, 2.45) is 0 Å². The topological polar surface area (TPSA) is 13.8 Å². The highest BCUT2D eigenvalue weighted by molar-refractivity contribution is 5.79. The van der Waals surface area contributed by atoms with E-state index in [0.717, 1.165) is 6.54 Å². The van der Waals surface area contributed by atoms with Crippen molar-refractivity contribution in [2.45, 2.75) is 19.0 Å². The van der Waals surface area contributed by atoms with Crippen LogP contribution in [-0.2, 0) is 6.54 Å². The zero-order valence-electron chi connectivity index (χ0n) is 18.2. The Morgan fingerprint density at radius 3 is 1.97 bits per heavy atom. The normalized spacial score (nSPS) is 19.1. The molecule has 4 aromatic rings. The van der Waals surface area contributed by atoms with Crippen LogP contribution in [-0.4, -0.2) is 37.3 Å². The standard InChI is InChI=1S/C28H31N3/c1-3-11-25(12-4-1)28(26-13-5-2-6-14-26)31-22-20-29(21-23-31)17-9-18-30-19-16-24-10-7-8-15-27(24)30/h1-8,10-16,19,28H,9,17-18,20-23H2/p+2. The molecule has 5 rings (SSSR count). The molecule has 0 atom stereocenters. The van der Waals surface area contributed by atoms with Gasteiger partial charge in [0.2, 0.25) is 0 Å². The number of nitrogens with zero attached hydrogens (tertiary/aromatic N) is 1. The number of rotatable bonds is 7. The third kappa shape index (κ3) is 4.58. The van der Waals surface area contributed by atoms with Crippen LogP contribution in [0, 0.1) is 0 Å². The lowest BCUT2D eigenvalue weighted by molar-refractivity contribution is -1.02. The fourth-order valence-corrected chi connectivity index (χ4v) is 5.25. The molecule has 3 nitrogen and oxygen atoms in total. The van der Waals surface area contributed by atoms with E-state index in [1.807, 2.05) is 0 Å². The molecule has 31 heavy (non-hydrogen) atoms. The molecule has 3 heteroatoms. The van der Waals surface area contributed by atoms with Crippen molar-refractivity contribution < 1.29 is 9.80 Å². The van der Waals surface area contributed by atoms with E-state index in [-0.39, 0.29) is 0 Å². The van der Waals surface area contributed by atoms with E-state index in [0.29, 0.717) is 6.04 Å². The molecule has 0 amide bonds. The number of aromatic nitrogens is 1. The van der Waals surface area contributed by atoms with Crippen LogP contribution >= 0.6 is 0 Å². The molecule has 1 aliphatic heterocycles. The molecule has 2 N–H and O–H groups in total. The number of para-hydroxylation sites is 1. The monoisotopic (exact) mass is 411 g/mol. The Morgan fingerprint density at radius 1 is 0.677 bits per heavy atom. The van der Waals surface area contributed by atoms with Crippen molar-refractivity contribution in [3.05, 3.63) is 108 Å². The average Bonchev–Trinajstić information content (AvgIpc) is 3.25. The van der Waals surface area contributed by atoms with Crippen molar-refractivity contribution in [3.8, 4) is 0 Å². The molecule has 0 aliphatic carbocycles. The Bertz CT molecular complexity index is 1040. The highest BCUT2D eigenvalue weighted by Gasteiger charge is 2.31. The van der Waals surface area contributed by atoms with E-state index < -0.39 is 0 Å². The molecule has 1 aliphatic rings. The summed E-state index contributed by atoms with van der Waals surface area (Å²) in [6.45, 7) is 7.37. The molecule has 1 saturated heterocycles. The molecule has 0 radical (unpaired) electrons. The van der Waals surface area contributed by atoms with Gasteiger partial charge in [-0.15, -0.1) is 0 Å². The zero-order chi connectivity index (χ0) is 20.9.